The number of hydrogen-bond acceptors (Lipinski definition) is 3. The van der Waals surface area contributed by atoms with Gasteiger partial charge in [0.2, 0.25) is 0 Å². The zero-order chi connectivity index (χ0) is 16.1. The van der Waals surface area contributed by atoms with Gasteiger partial charge in [0.25, 0.3) is 5.91 Å². The summed E-state index contributed by atoms with van der Waals surface area (Å²) in [7, 11) is 1.64. The predicted octanol–water partition coefficient (Wildman–Crippen LogP) is 3.18. The van der Waals surface area contributed by atoms with E-state index in [0.717, 1.165) is 37.2 Å². The second kappa shape index (κ2) is 7.82. The number of likely N-dealkylation sites (tertiary alicyclic amines) is 2. The molecule has 23 heavy (non-hydrogen) atoms. The van der Waals surface area contributed by atoms with Gasteiger partial charge in [-0.1, -0.05) is 18.9 Å². The highest BCUT2D eigenvalue weighted by molar-refractivity contribution is 5.94. The molecular weight excluding hydrogens is 288 g/mol. The number of methoxy groups -OCH3 is 1. The van der Waals surface area contributed by atoms with Gasteiger partial charge in [0.15, 0.2) is 0 Å². The van der Waals surface area contributed by atoms with E-state index < -0.39 is 0 Å². The molecule has 0 bridgehead atoms. The molecule has 1 amide bonds. The van der Waals surface area contributed by atoms with E-state index in [2.05, 4.69) is 9.80 Å². The molecule has 0 spiro atoms. The Bertz CT molecular complexity index is 526. The standard InChI is InChI=1S/C19H28N2O2/c1-23-18-10-7-8-16(14-18)19(22)21-13-4-2-3-9-17(21)15-20-11-5-6-12-20/h7-8,10,14,17H,2-6,9,11-13,15H2,1H3. The SMILES string of the molecule is COc1cccc(C(=O)N2CCCCCC2CN2CCCC2)c1. The molecule has 0 radical (unpaired) electrons. The zero-order valence-electron chi connectivity index (χ0n) is 14.2. The fraction of sp³-hybridized carbons (Fsp3) is 0.632. The fourth-order valence-corrected chi connectivity index (χ4v) is 3.82. The molecule has 0 aliphatic carbocycles. The Morgan fingerprint density at radius 1 is 1.13 bits per heavy atom. The van der Waals surface area contributed by atoms with Crippen molar-refractivity contribution in [2.24, 2.45) is 0 Å². The van der Waals surface area contributed by atoms with Crippen LogP contribution >= 0.6 is 0 Å². The van der Waals surface area contributed by atoms with Crippen molar-refractivity contribution < 1.29 is 9.53 Å². The van der Waals surface area contributed by atoms with E-state index >= 15 is 0 Å². The van der Waals surface area contributed by atoms with Gasteiger partial charge in [-0.15, -0.1) is 0 Å². The zero-order valence-corrected chi connectivity index (χ0v) is 14.2. The van der Waals surface area contributed by atoms with Crippen molar-refractivity contribution in [3.05, 3.63) is 29.8 Å². The number of nitrogens with zero attached hydrogens (tertiary/aromatic N) is 2. The fourth-order valence-electron chi connectivity index (χ4n) is 3.82. The topological polar surface area (TPSA) is 32.8 Å². The first-order valence-electron chi connectivity index (χ1n) is 8.95. The molecule has 1 atom stereocenters. The van der Waals surface area contributed by atoms with Gasteiger partial charge in [-0.3, -0.25) is 4.79 Å². The highest BCUT2D eigenvalue weighted by atomic mass is 16.5. The number of carbonyl (C=O) groups is 1. The van der Waals surface area contributed by atoms with Crippen LogP contribution in [0.4, 0.5) is 0 Å². The first kappa shape index (κ1) is 16.3. The summed E-state index contributed by atoms with van der Waals surface area (Å²) >= 11 is 0. The molecule has 1 aromatic rings. The van der Waals surface area contributed by atoms with E-state index in [1.807, 2.05) is 24.3 Å². The summed E-state index contributed by atoms with van der Waals surface area (Å²) in [5, 5.41) is 0. The second-order valence-electron chi connectivity index (χ2n) is 6.74. The normalized spacial score (nSPS) is 22.8. The van der Waals surface area contributed by atoms with Gasteiger partial charge in [0.1, 0.15) is 5.75 Å². The third-order valence-corrected chi connectivity index (χ3v) is 5.12. The lowest BCUT2D eigenvalue weighted by atomic mass is 10.1. The lowest BCUT2D eigenvalue weighted by Crippen LogP contribution is -2.46. The number of carbonyl (C=O) groups excluding carboxylic acids is 1. The Kier molecular flexibility index (Phi) is 5.55. The highest BCUT2D eigenvalue weighted by Gasteiger charge is 2.28. The van der Waals surface area contributed by atoms with Crippen molar-refractivity contribution in [2.75, 3.05) is 33.3 Å². The van der Waals surface area contributed by atoms with Crippen molar-refractivity contribution in [3.63, 3.8) is 0 Å². The molecule has 0 N–H and O–H groups in total. The number of amides is 1. The molecule has 1 aromatic carbocycles. The number of benzene rings is 1. The van der Waals surface area contributed by atoms with Crippen LogP contribution in [0, 0.1) is 0 Å². The monoisotopic (exact) mass is 316 g/mol. The van der Waals surface area contributed by atoms with Gasteiger partial charge < -0.3 is 14.5 Å². The molecule has 2 aliphatic rings. The molecule has 2 heterocycles. The lowest BCUT2D eigenvalue weighted by Gasteiger charge is -2.33. The summed E-state index contributed by atoms with van der Waals surface area (Å²) in [4.78, 5) is 17.7. The molecule has 4 nitrogen and oxygen atoms in total. The van der Waals surface area contributed by atoms with Crippen molar-refractivity contribution in [1.29, 1.82) is 0 Å². The van der Waals surface area contributed by atoms with Crippen LogP contribution in [-0.4, -0.2) is 55.0 Å². The van der Waals surface area contributed by atoms with Gasteiger partial charge in [-0.25, -0.2) is 0 Å². The molecular formula is C19H28N2O2. The molecule has 4 heteroatoms. The van der Waals surface area contributed by atoms with Gasteiger partial charge in [0, 0.05) is 24.7 Å². The van der Waals surface area contributed by atoms with E-state index in [0.29, 0.717) is 6.04 Å². The van der Waals surface area contributed by atoms with Crippen molar-refractivity contribution in [2.45, 2.75) is 44.6 Å². The van der Waals surface area contributed by atoms with Crippen LogP contribution in [0.2, 0.25) is 0 Å². The highest BCUT2D eigenvalue weighted by Crippen LogP contribution is 2.23. The van der Waals surface area contributed by atoms with E-state index in [9.17, 15) is 4.79 Å². The van der Waals surface area contributed by atoms with Gasteiger partial charge in [-0.05, 0) is 57.0 Å². The smallest absolute Gasteiger partial charge is 0.254 e. The van der Waals surface area contributed by atoms with Crippen LogP contribution in [0.3, 0.4) is 0 Å². The Labute approximate surface area is 139 Å². The molecule has 2 fully saturated rings. The van der Waals surface area contributed by atoms with Crippen LogP contribution in [0.5, 0.6) is 5.75 Å². The summed E-state index contributed by atoms with van der Waals surface area (Å²) in [6, 6.07) is 7.91. The first-order chi connectivity index (χ1) is 11.3. The van der Waals surface area contributed by atoms with E-state index in [-0.39, 0.29) is 5.91 Å². The Morgan fingerprint density at radius 2 is 1.91 bits per heavy atom. The molecule has 1 unspecified atom stereocenters. The van der Waals surface area contributed by atoms with Crippen molar-refractivity contribution in [3.8, 4) is 5.75 Å². The number of rotatable bonds is 4. The van der Waals surface area contributed by atoms with Gasteiger partial charge in [-0.2, -0.15) is 0 Å². The third-order valence-electron chi connectivity index (χ3n) is 5.12. The summed E-state index contributed by atoms with van der Waals surface area (Å²) in [6.45, 7) is 4.31. The lowest BCUT2D eigenvalue weighted by molar-refractivity contribution is 0.0643. The van der Waals surface area contributed by atoms with Gasteiger partial charge in [0.05, 0.1) is 7.11 Å². The molecule has 2 saturated heterocycles. The second-order valence-corrected chi connectivity index (χ2v) is 6.74. The van der Waals surface area contributed by atoms with Crippen LogP contribution in [-0.2, 0) is 0 Å². The summed E-state index contributed by atoms with van der Waals surface area (Å²) in [6.07, 6.45) is 7.32. The maximum atomic E-state index is 13.1. The first-order valence-corrected chi connectivity index (χ1v) is 8.95. The largest absolute Gasteiger partial charge is 0.497 e. The Hall–Kier alpha value is -1.55. The van der Waals surface area contributed by atoms with Gasteiger partial charge >= 0.3 is 0 Å². The van der Waals surface area contributed by atoms with E-state index in [1.165, 1.54) is 38.8 Å². The van der Waals surface area contributed by atoms with Crippen molar-refractivity contribution in [1.82, 2.24) is 9.80 Å². The minimum atomic E-state index is 0.162. The maximum Gasteiger partial charge on any atom is 0.254 e. The average Bonchev–Trinajstić information content (AvgIpc) is 2.99. The van der Waals surface area contributed by atoms with Crippen LogP contribution in [0.1, 0.15) is 48.9 Å². The Morgan fingerprint density at radius 3 is 2.70 bits per heavy atom. The van der Waals surface area contributed by atoms with E-state index in [1.54, 1.807) is 7.11 Å². The minimum Gasteiger partial charge on any atom is -0.497 e. The van der Waals surface area contributed by atoms with E-state index in [4.69, 9.17) is 4.74 Å². The molecule has 3 rings (SSSR count). The minimum absolute atomic E-state index is 0.162. The molecule has 2 aliphatic heterocycles. The predicted molar refractivity (Wildman–Crippen MR) is 92.0 cm³/mol. The molecule has 126 valence electrons. The average molecular weight is 316 g/mol. The maximum absolute atomic E-state index is 13.1. The third kappa shape index (κ3) is 4.05. The summed E-state index contributed by atoms with van der Waals surface area (Å²) in [5.41, 5.74) is 0.748. The molecule has 0 aromatic heterocycles. The summed E-state index contributed by atoms with van der Waals surface area (Å²) in [5.74, 6) is 0.914. The number of ether oxygens (including phenoxy) is 1. The number of hydrogen-bond donors (Lipinski definition) is 0. The Balaban J connectivity index is 1.75. The van der Waals surface area contributed by atoms with Crippen LogP contribution < -0.4 is 4.74 Å². The van der Waals surface area contributed by atoms with Crippen LogP contribution in [0.15, 0.2) is 24.3 Å². The quantitative estimate of drug-likeness (QED) is 0.855. The van der Waals surface area contributed by atoms with Crippen LogP contribution in [0.25, 0.3) is 0 Å². The summed E-state index contributed by atoms with van der Waals surface area (Å²) < 4.78 is 5.27. The van der Waals surface area contributed by atoms with Crippen molar-refractivity contribution >= 4 is 5.91 Å². The molecule has 0 saturated carbocycles.